The number of rotatable bonds is 3. The second kappa shape index (κ2) is 5.58. The lowest BCUT2D eigenvalue weighted by Gasteiger charge is -2.18. The van der Waals surface area contributed by atoms with Gasteiger partial charge < -0.3 is 4.74 Å². The zero-order chi connectivity index (χ0) is 12.9. The Morgan fingerprint density at radius 2 is 2.24 bits per heavy atom. The maximum absolute atomic E-state index is 11.3. The predicted molar refractivity (Wildman–Crippen MR) is 66.3 cm³/mol. The van der Waals surface area contributed by atoms with E-state index in [2.05, 4.69) is 10.5 Å². The molecule has 0 spiro atoms. The summed E-state index contributed by atoms with van der Waals surface area (Å²) in [6, 6.07) is 3.54. The van der Waals surface area contributed by atoms with Crippen molar-refractivity contribution < 1.29 is 14.3 Å². The Hall–Kier alpha value is -1.69. The number of nitrogens with one attached hydrogen (secondary N) is 1. The Morgan fingerprint density at radius 3 is 2.71 bits per heavy atom. The molecule has 0 aliphatic heterocycles. The summed E-state index contributed by atoms with van der Waals surface area (Å²) in [5.41, 5.74) is 1.76. The summed E-state index contributed by atoms with van der Waals surface area (Å²) in [7, 11) is 0. The highest BCUT2D eigenvalue weighted by Gasteiger charge is 2.15. The number of aldehydes is 1. The molecule has 1 aromatic rings. The van der Waals surface area contributed by atoms with E-state index in [0.717, 1.165) is 0 Å². The lowest BCUT2D eigenvalue weighted by molar-refractivity contribution is -0.102. The van der Waals surface area contributed by atoms with Gasteiger partial charge in [0.05, 0.1) is 4.88 Å². The third-order valence-corrected chi connectivity index (χ3v) is 2.44. The highest BCUT2D eigenvalue weighted by Crippen LogP contribution is 2.09. The highest BCUT2D eigenvalue weighted by atomic mass is 32.1. The van der Waals surface area contributed by atoms with E-state index in [1.807, 2.05) is 5.38 Å². The molecule has 6 heteroatoms. The van der Waals surface area contributed by atoms with Gasteiger partial charge in [0, 0.05) is 0 Å². The molecule has 0 radical (unpaired) electrons. The molecule has 1 amide bonds. The summed E-state index contributed by atoms with van der Waals surface area (Å²) in [6.45, 7) is 5.24. The minimum atomic E-state index is -0.687. The monoisotopic (exact) mass is 254 g/mol. The summed E-state index contributed by atoms with van der Waals surface area (Å²) >= 11 is 1.37. The number of nitrogens with zero attached hydrogens (tertiary/aromatic N) is 1. The summed E-state index contributed by atoms with van der Waals surface area (Å²) in [5, 5.41) is 5.52. The zero-order valence-corrected chi connectivity index (χ0v) is 10.7. The van der Waals surface area contributed by atoms with Crippen LogP contribution >= 0.6 is 11.3 Å². The topological polar surface area (TPSA) is 67.8 Å². The first kappa shape index (κ1) is 13.4. The second-order valence-electron chi connectivity index (χ2n) is 4.21. The van der Waals surface area contributed by atoms with E-state index in [1.54, 1.807) is 32.9 Å². The molecule has 0 fully saturated rings. The molecule has 0 bridgehead atoms. The van der Waals surface area contributed by atoms with Gasteiger partial charge in [0.25, 0.3) is 0 Å². The smallest absolute Gasteiger partial charge is 0.428 e. The van der Waals surface area contributed by atoms with Gasteiger partial charge in [-0.2, -0.15) is 5.10 Å². The average Bonchev–Trinajstić information content (AvgIpc) is 2.69. The summed E-state index contributed by atoms with van der Waals surface area (Å²) in [4.78, 5) is 22.8. The largest absolute Gasteiger partial charge is 0.443 e. The number of amides is 1. The first-order chi connectivity index (χ1) is 7.92. The van der Waals surface area contributed by atoms with Gasteiger partial charge in [0.1, 0.15) is 11.3 Å². The summed E-state index contributed by atoms with van der Waals surface area (Å²) < 4.78 is 4.98. The minimum absolute atomic E-state index is 0.172. The molecule has 0 aliphatic carbocycles. The van der Waals surface area contributed by atoms with Crippen LogP contribution in [0.1, 0.15) is 25.6 Å². The van der Waals surface area contributed by atoms with Crippen LogP contribution in [0.25, 0.3) is 0 Å². The van der Waals surface area contributed by atoms with Crippen molar-refractivity contribution in [3.05, 3.63) is 22.4 Å². The molecule has 1 heterocycles. The minimum Gasteiger partial charge on any atom is -0.443 e. The van der Waals surface area contributed by atoms with Crippen LogP contribution in [0.4, 0.5) is 4.79 Å². The summed E-state index contributed by atoms with van der Waals surface area (Å²) in [6.07, 6.45) is -0.100. The third-order valence-electron chi connectivity index (χ3n) is 1.55. The Morgan fingerprint density at radius 1 is 1.53 bits per heavy atom. The van der Waals surface area contributed by atoms with E-state index in [4.69, 9.17) is 4.74 Å². The van der Waals surface area contributed by atoms with E-state index in [0.29, 0.717) is 11.2 Å². The molecule has 0 saturated heterocycles. The van der Waals surface area contributed by atoms with Crippen LogP contribution in [0.3, 0.4) is 0 Å². The predicted octanol–water partition coefficient (Wildman–Crippen LogP) is 2.18. The van der Waals surface area contributed by atoms with Crippen LogP contribution in [0.15, 0.2) is 22.6 Å². The number of hydrogen-bond donors (Lipinski definition) is 1. The van der Waals surface area contributed by atoms with Gasteiger partial charge in [-0.25, -0.2) is 10.2 Å². The molecule has 1 N–H and O–H groups in total. The molecular weight excluding hydrogens is 240 g/mol. The van der Waals surface area contributed by atoms with Crippen LogP contribution in [0, 0.1) is 0 Å². The number of carbonyl (C=O) groups excluding carboxylic acids is 2. The molecule has 5 nitrogen and oxygen atoms in total. The van der Waals surface area contributed by atoms with Crippen molar-refractivity contribution in [3.8, 4) is 0 Å². The Balaban J connectivity index is 2.63. The lowest BCUT2D eigenvalue weighted by atomic mass is 10.2. The van der Waals surface area contributed by atoms with Crippen LogP contribution in [-0.2, 0) is 9.53 Å². The van der Waals surface area contributed by atoms with Crippen LogP contribution < -0.4 is 5.43 Å². The number of hydrazone groups is 1. The van der Waals surface area contributed by atoms with Gasteiger partial charge >= 0.3 is 6.09 Å². The molecule has 92 valence electrons. The number of carbonyl (C=O) groups is 2. The van der Waals surface area contributed by atoms with Crippen molar-refractivity contribution in [1.29, 1.82) is 0 Å². The van der Waals surface area contributed by atoms with E-state index in [9.17, 15) is 9.59 Å². The molecule has 0 atom stereocenters. The summed E-state index contributed by atoms with van der Waals surface area (Å²) in [5.74, 6) is 0. The van der Waals surface area contributed by atoms with Crippen molar-refractivity contribution in [2.24, 2.45) is 5.10 Å². The van der Waals surface area contributed by atoms with Gasteiger partial charge in [-0.3, -0.25) is 4.79 Å². The second-order valence-corrected chi connectivity index (χ2v) is 5.15. The first-order valence-electron chi connectivity index (χ1n) is 4.98. The lowest BCUT2D eigenvalue weighted by Crippen LogP contribution is -2.30. The van der Waals surface area contributed by atoms with Crippen LogP contribution in [-0.4, -0.2) is 23.7 Å². The standard InChI is InChI=1S/C11H14N2O3S/c1-11(2,3)16-10(15)13-12-8(7-14)9-5-4-6-17-9/h4-7H,1-3H3,(H,13,15). The number of thiophene rings is 1. The van der Waals surface area contributed by atoms with Crippen LogP contribution in [0.2, 0.25) is 0 Å². The van der Waals surface area contributed by atoms with Crippen molar-refractivity contribution in [1.82, 2.24) is 5.43 Å². The highest BCUT2D eigenvalue weighted by molar-refractivity contribution is 7.12. The van der Waals surface area contributed by atoms with Gasteiger partial charge in [0.15, 0.2) is 6.29 Å². The van der Waals surface area contributed by atoms with Gasteiger partial charge in [0.2, 0.25) is 0 Å². The van der Waals surface area contributed by atoms with Gasteiger partial charge in [-0.1, -0.05) is 6.07 Å². The quantitative estimate of drug-likeness (QED) is 0.510. The molecule has 1 aromatic heterocycles. The molecule has 0 unspecified atom stereocenters. The van der Waals surface area contributed by atoms with E-state index in [1.165, 1.54) is 11.3 Å². The van der Waals surface area contributed by atoms with Crippen molar-refractivity contribution in [3.63, 3.8) is 0 Å². The van der Waals surface area contributed by atoms with Gasteiger partial charge in [-0.15, -0.1) is 11.3 Å². The SMILES string of the molecule is CC(C)(C)OC(=O)NN=C(C=O)c1cccs1. The molecule has 1 rings (SSSR count). The van der Waals surface area contributed by atoms with Crippen molar-refractivity contribution in [2.45, 2.75) is 26.4 Å². The zero-order valence-electron chi connectivity index (χ0n) is 9.89. The Bertz CT molecular complexity index is 418. The van der Waals surface area contributed by atoms with Crippen molar-refractivity contribution in [2.75, 3.05) is 0 Å². The van der Waals surface area contributed by atoms with E-state index >= 15 is 0 Å². The van der Waals surface area contributed by atoms with Crippen molar-refractivity contribution >= 4 is 29.4 Å². The maximum atomic E-state index is 11.3. The normalized spacial score (nSPS) is 12.1. The fourth-order valence-electron chi connectivity index (χ4n) is 0.971. The maximum Gasteiger partial charge on any atom is 0.428 e. The number of ether oxygens (including phenoxy) is 1. The Labute approximate surface area is 103 Å². The molecular formula is C11H14N2O3S. The van der Waals surface area contributed by atoms with E-state index in [-0.39, 0.29) is 5.71 Å². The fourth-order valence-corrected chi connectivity index (χ4v) is 1.65. The molecule has 0 aliphatic rings. The Kier molecular flexibility index (Phi) is 4.39. The van der Waals surface area contributed by atoms with Crippen LogP contribution in [0.5, 0.6) is 0 Å². The van der Waals surface area contributed by atoms with E-state index < -0.39 is 11.7 Å². The molecule has 0 saturated carbocycles. The number of hydrogen-bond acceptors (Lipinski definition) is 5. The third kappa shape index (κ3) is 4.78. The first-order valence-corrected chi connectivity index (χ1v) is 5.86. The average molecular weight is 254 g/mol. The molecule has 17 heavy (non-hydrogen) atoms. The molecule has 0 aromatic carbocycles. The fraction of sp³-hybridized carbons (Fsp3) is 0.364. The van der Waals surface area contributed by atoms with Gasteiger partial charge in [-0.05, 0) is 32.2 Å².